The summed E-state index contributed by atoms with van der Waals surface area (Å²) in [5.74, 6) is 5.22. The Kier molecular flexibility index (Phi) is 4.39. The summed E-state index contributed by atoms with van der Waals surface area (Å²) in [5.41, 5.74) is 5.67. The third-order valence-electron chi connectivity index (χ3n) is 2.76. The summed E-state index contributed by atoms with van der Waals surface area (Å²) in [4.78, 5) is 12.2. The van der Waals surface area contributed by atoms with Crippen LogP contribution in [0.1, 0.15) is 15.9 Å². The predicted molar refractivity (Wildman–Crippen MR) is 86.1 cm³/mol. The second kappa shape index (κ2) is 6.03. The highest BCUT2D eigenvalue weighted by molar-refractivity contribution is 14.1. The first-order chi connectivity index (χ1) is 9.11. The highest BCUT2D eigenvalue weighted by atomic mass is 127. The minimum absolute atomic E-state index is 0.120. The van der Waals surface area contributed by atoms with Crippen molar-refractivity contribution in [1.82, 2.24) is 0 Å². The molecule has 2 aromatic carbocycles. The lowest BCUT2D eigenvalue weighted by Crippen LogP contribution is -2.15. The van der Waals surface area contributed by atoms with Crippen molar-refractivity contribution < 1.29 is 4.79 Å². The van der Waals surface area contributed by atoms with E-state index >= 15 is 0 Å². The lowest BCUT2D eigenvalue weighted by molar-refractivity contribution is 0.102. The van der Waals surface area contributed by atoms with Crippen LogP contribution in [0.15, 0.2) is 42.5 Å². The Balaban J connectivity index is 2.23. The summed E-state index contributed by atoms with van der Waals surface area (Å²) in [6, 6.07) is 13.0. The molecule has 0 aliphatic rings. The predicted octanol–water partition coefficient (Wildman–Crippen LogP) is 3.14. The first kappa shape index (κ1) is 13.8. The summed E-state index contributed by atoms with van der Waals surface area (Å²) in [7, 11) is 0. The first-order valence-electron chi connectivity index (χ1n) is 5.75. The van der Waals surface area contributed by atoms with E-state index in [-0.39, 0.29) is 5.91 Å². The van der Waals surface area contributed by atoms with Crippen molar-refractivity contribution in [3.63, 3.8) is 0 Å². The van der Waals surface area contributed by atoms with Gasteiger partial charge in [0.25, 0.3) is 5.91 Å². The number of carbonyl (C=O) groups excluding carboxylic acids is 1. The molecule has 0 aliphatic heterocycles. The molecule has 4 nitrogen and oxygen atoms in total. The summed E-state index contributed by atoms with van der Waals surface area (Å²) >= 11 is 2.19. The molecule has 2 rings (SSSR count). The highest BCUT2D eigenvalue weighted by Gasteiger charge is 2.10. The monoisotopic (exact) mass is 367 g/mol. The standard InChI is InChI=1S/C14H14IN3O/c1-9-8-10(18-16)6-7-11(9)14(19)17-13-5-3-2-4-12(13)15/h2-8,18H,16H2,1H3,(H,17,19). The van der Waals surface area contributed by atoms with Gasteiger partial charge in [-0.25, -0.2) is 0 Å². The number of nitrogen functional groups attached to an aromatic ring is 1. The molecule has 0 bridgehead atoms. The zero-order chi connectivity index (χ0) is 13.8. The van der Waals surface area contributed by atoms with Crippen molar-refractivity contribution in [2.45, 2.75) is 6.92 Å². The molecule has 0 fully saturated rings. The van der Waals surface area contributed by atoms with Gasteiger partial charge in [0.05, 0.1) is 5.69 Å². The fraction of sp³-hybridized carbons (Fsp3) is 0.0714. The Morgan fingerprint density at radius 3 is 2.58 bits per heavy atom. The third kappa shape index (κ3) is 3.24. The summed E-state index contributed by atoms with van der Waals surface area (Å²) in [6.07, 6.45) is 0. The minimum atomic E-state index is -0.120. The molecule has 0 unspecified atom stereocenters. The number of para-hydroxylation sites is 1. The van der Waals surface area contributed by atoms with E-state index in [0.717, 1.165) is 20.5 Å². The van der Waals surface area contributed by atoms with Crippen LogP contribution >= 0.6 is 22.6 Å². The van der Waals surface area contributed by atoms with E-state index in [9.17, 15) is 4.79 Å². The zero-order valence-corrected chi connectivity index (χ0v) is 12.6. The molecule has 2 aromatic rings. The summed E-state index contributed by atoms with van der Waals surface area (Å²) in [5, 5.41) is 2.91. The van der Waals surface area contributed by atoms with Gasteiger partial charge in [-0.3, -0.25) is 10.6 Å². The Labute approximate surface area is 125 Å². The number of benzene rings is 2. The largest absolute Gasteiger partial charge is 0.324 e. The molecule has 0 atom stereocenters. The molecule has 0 saturated heterocycles. The quantitative estimate of drug-likeness (QED) is 0.444. The van der Waals surface area contributed by atoms with E-state index in [1.807, 2.05) is 37.3 Å². The van der Waals surface area contributed by atoms with Gasteiger partial charge in [-0.1, -0.05) is 12.1 Å². The van der Waals surface area contributed by atoms with Gasteiger partial charge in [0.2, 0.25) is 0 Å². The fourth-order valence-corrected chi connectivity index (χ4v) is 2.28. The number of amides is 1. The molecular weight excluding hydrogens is 353 g/mol. The summed E-state index contributed by atoms with van der Waals surface area (Å²) < 4.78 is 1.01. The van der Waals surface area contributed by atoms with Crippen molar-refractivity contribution in [3.8, 4) is 0 Å². The van der Waals surface area contributed by atoms with E-state index in [0.29, 0.717) is 5.56 Å². The van der Waals surface area contributed by atoms with Crippen LogP contribution in [-0.4, -0.2) is 5.91 Å². The second-order valence-corrected chi connectivity index (χ2v) is 5.27. The van der Waals surface area contributed by atoms with Gasteiger partial charge in [0.15, 0.2) is 0 Å². The molecule has 0 saturated carbocycles. The molecule has 1 amide bonds. The van der Waals surface area contributed by atoms with Gasteiger partial charge < -0.3 is 10.7 Å². The molecular formula is C14H14IN3O. The van der Waals surface area contributed by atoms with Crippen molar-refractivity contribution in [3.05, 3.63) is 57.2 Å². The Morgan fingerprint density at radius 2 is 1.95 bits per heavy atom. The zero-order valence-electron chi connectivity index (χ0n) is 10.4. The number of carbonyl (C=O) groups is 1. The molecule has 0 aliphatic carbocycles. The number of halogens is 1. The number of aryl methyl sites for hydroxylation is 1. The normalized spacial score (nSPS) is 10.1. The maximum atomic E-state index is 12.2. The SMILES string of the molecule is Cc1cc(NN)ccc1C(=O)Nc1ccccc1I. The fourth-order valence-electron chi connectivity index (χ4n) is 1.76. The Hall–Kier alpha value is -1.60. The van der Waals surface area contributed by atoms with Crippen molar-refractivity contribution in [2.75, 3.05) is 10.7 Å². The van der Waals surface area contributed by atoms with Gasteiger partial charge in [-0.2, -0.15) is 0 Å². The van der Waals surface area contributed by atoms with Crippen LogP contribution < -0.4 is 16.6 Å². The smallest absolute Gasteiger partial charge is 0.255 e. The molecule has 0 radical (unpaired) electrons. The molecule has 5 heteroatoms. The third-order valence-corrected chi connectivity index (χ3v) is 3.70. The van der Waals surface area contributed by atoms with E-state index < -0.39 is 0 Å². The van der Waals surface area contributed by atoms with Crippen LogP contribution in [0.4, 0.5) is 11.4 Å². The van der Waals surface area contributed by atoms with Gasteiger partial charge >= 0.3 is 0 Å². The second-order valence-electron chi connectivity index (χ2n) is 4.11. The Morgan fingerprint density at radius 1 is 1.21 bits per heavy atom. The Bertz CT molecular complexity index is 613. The van der Waals surface area contributed by atoms with Crippen molar-refractivity contribution >= 4 is 39.9 Å². The van der Waals surface area contributed by atoms with Crippen LogP contribution in [0.2, 0.25) is 0 Å². The highest BCUT2D eigenvalue weighted by Crippen LogP contribution is 2.20. The van der Waals surface area contributed by atoms with Gasteiger partial charge in [0.1, 0.15) is 0 Å². The van der Waals surface area contributed by atoms with E-state index in [1.54, 1.807) is 12.1 Å². The summed E-state index contributed by atoms with van der Waals surface area (Å²) in [6.45, 7) is 1.88. The average molecular weight is 367 g/mol. The van der Waals surface area contributed by atoms with E-state index in [2.05, 4.69) is 33.3 Å². The lowest BCUT2D eigenvalue weighted by Gasteiger charge is -2.10. The van der Waals surface area contributed by atoms with E-state index in [1.165, 1.54) is 0 Å². The number of hydrazine groups is 1. The van der Waals surface area contributed by atoms with Gasteiger partial charge in [-0.15, -0.1) is 0 Å². The average Bonchev–Trinajstić information content (AvgIpc) is 2.41. The van der Waals surface area contributed by atoms with Crippen LogP contribution in [-0.2, 0) is 0 Å². The molecule has 98 valence electrons. The van der Waals surface area contributed by atoms with Gasteiger partial charge in [-0.05, 0) is 65.4 Å². The van der Waals surface area contributed by atoms with E-state index in [4.69, 9.17) is 5.84 Å². The van der Waals surface area contributed by atoms with Crippen LogP contribution in [0, 0.1) is 10.5 Å². The number of nitrogens with one attached hydrogen (secondary N) is 2. The first-order valence-corrected chi connectivity index (χ1v) is 6.83. The van der Waals surface area contributed by atoms with Crippen molar-refractivity contribution in [2.24, 2.45) is 5.84 Å². The van der Waals surface area contributed by atoms with Crippen LogP contribution in [0.5, 0.6) is 0 Å². The maximum Gasteiger partial charge on any atom is 0.255 e. The van der Waals surface area contributed by atoms with Crippen LogP contribution in [0.3, 0.4) is 0 Å². The maximum absolute atomic E-state index is 12.2. The molecule has 0 aromatic heterocycles. The van der Waals surface area contributed by atoms with Crippen LogP contribution in [0.25, 0.3) is 0 Å². The number of hydrogen-bond acceptors (Lipinski definition) is 3. The minimum Gasteiger partial charge on any atom is -0.324 e. The number of nitrogens with two attached hydrogens (primary N) is 1. The molecule has 0 spiro atoms. The number of rotatable bonds is 3. The van der Waals surface area contributed by atoms with Gasteiger partial charge in [0, 0.05) is 14.8 Å². The van der Waals surface area contributed by atoms with Crippen molar-refractivity contribution in [1.29, 1.82) is 0 Å². The topological polar surface area (TPSA) is 67.1 Å². The molecule has 19 heavy (non-hydrogen) atoms. The molecule has 0 heterocycles. The number of hydrogen-bond donors (Lipinski definition) is 3. The lowest BCUT2D eigenvalue weighted by atomic mass is 10.1. The number of anilines is 2. The molecule has 4 N–H and O–H groups in total.